The molecule has 1 amide bonds. The van der Waals surface area contributed by atoms with Crippen molar-refractivity contribution in [3.05, 3.63) is 64.9 Å². The van der Waals surface area contributed by atoms with Gasteiger partial charge in [-0.15, -0.1) is 11.3 Å². The van der Waals surface area contributed by atoms with Gasteiger partial charge in [-0.1, -0.05) is 30.3 Å². The Morgan fingerprint density at radius 2 is 1.90 bits per heavy atom. The Bertz CT molecular complexity index is 976. The smallest absolute Gasteiger partial charge is 0.289 e. The lowest BCUT2D eigenvalue weighted by Gasteiger charge is -2.36. The third-order valence-corrected chi connectivity index (χ3v) is 5.75. The molecule has 1 aromatic carbocycles. The number of aliphatic imine (C=N–C) groups is 1. The Morgan fingerprint density at radius 1 is 1.13 bits per heavy atom. The topological polar surface area (TPSA) is 74.0 Å². The molecule has 30 heavy (non-hydrogen) atoms. The Hall–Kier alpha value is -3.13. The van der Waals surface area contributed by atoms with Crippen molar-refractivity contribution in [1.29, 1.82) is 0 Å². The molecule has 0 spiro atoms. The van der Waals surface area contributed by atoms with Crippen LogP contribution >= 0.6 is 11.3 Å². The van der Waals surface area contributed by atoms with Gasteiger partial charge in [-0.3, -0.25) is 4.79 Å². The molecule has 0 radical (unpaired) electrons. The van der Waals surface area contributed by atoms with Gasteiger partial charge < -0.3 is 19.5 Å². The van der Waals surface area contributed by atoms with E-state index in [0.717, 1.165) is 41.9 Å². The van der Waals surface area contributed by atoms with Gasteiger partial charge in [0.25, 0.3) is 5.91 Å². The van der Waals surface area contributed by atoms with E-state index in [1.165, 1.54) is 6.26 Å². The number of thiazole rings is 1. The summed E-state index contributed by atoms with van der Waals surface area (Å²) in [7, 11) is 0. The fraction of sp³-hybridized carbons (Fsp3) is 0.318. The summed E-state index contributed by atoms with van der Waals surface area (Å²) in [5.41, 5.74) is 2.11. The van der Waals surface area contributed by atoms with E-state index in [1.54, 1.807) is 23.5 Å². The molecule has 0 bridgehead atoms. The first-order valence-corrected chi connectivity index (χ1v) is 11.0. The summed E-state index contributed by atoms with van der Waals surface area (Å²) < 4.78 is 5.24. The number of piperazine rings is 1. The van der Waals surface area contributed by atoms with Crippen LogP contribution in [0.3, 0.4) is 0 Å². The van der Waals surface area contributed by atoms with Gasteiger partial charge in [-0.2, -0.15) is 0 Å². The number of carbonyl (C=O) groups excluding carboxylic acids is 1. The maximum atomic E-state index is 12.5. The molecule has 8 heteroatoms. The molecule has 4 rings (SSSR count). The van der Waals surface area contributed by atoms with Crippen molar-refractivity contribution in [1.82, 2.24) is 20.1 Å². The number of aromatic nitrogens is 1. The SMILES string of the molecule is CCNC(=NCc1nc(-c2ccccc2)cs1)N1CCN(C(=O)c2ccco2)CC1. The van der Waals surface area contributed by atoms with Gasteiger partial charge in [0, 0.05) is 43.7 Å². The zero-order valence-electron chi connectivity index (χ0n) is 17.0. The number of guanidine groups is 1. The Balaban J connectivity index is 1.38. The molecule has 156 valence electrons. The molecule has 3 heterocycles. The maximum absolute atomic E-state index is 12.5. The minimum atomic E-state index is -0.0576. The van der Waals surface area contributed by atoms with Gasteiger partial charge in [-0.05, 0) is 19.1 Å². The largest absolute Gasteiger partial charge is 0.459 e. The fourth-order valence-electron chi connectivity index (χ4n) is 3.37. The predicted octanol–water partition coefficient (Wildman–Crippen LogP) is 3.33. The maximum Gasteiger partial charge on any atom is 0.289 e. The van der Waals surface area contributed by atoms with Crippen molar-refractivity contribution in [2.45, 2.75) is 13.5 Å². The molecule has 2 aromatic heterocycles. The number of nitrogens with zero attached hydrogens (tertiary/aromatic N) is 4. The van der Waals surface area contributed by atoms with Gasteiger partial charge in [-0.25, -0.2) is 9.98 Å². The number of amides is 1. The third-order valence-electron chi connectivity index (χ3n) is 4.92. The van der Waals surface area contributed by atoms with E-state index >= 15 is 0 Å². The fourth-order valence-corrected chi connectivity index (χ4v) is 4.10. The number of furan rings is 1. The molecule has 0 aliphatic carbocycles. The second kappa shape index (κ2) is 9.58. The summed E-state index contributed by atoms with van der Waals surface area (Å²) >= 11 is 1.63. The summed E-state index contributed by atoms with van der Waals surface area (Å²) in [5, 5.41) is 6.42. The number of nitrogens with one attached hydrogen (secondary N) is 1. The van der Waals surface area contributed by atoms with Crippen molar-refractivity contribution in [3.63, 3.8) is 0 Å². The minimum absolute atomic E-state index is 0.0576. The van der Waals surface area contributed by atoms with E-state index in [-0.39, 0.29) is 5.91 Å². The Morgan fingerprint density at radius 3 is 2.60 bits per heavy atom. The minimum Gasteiger partial charge on any atom is -0.459 e. The van der Waals surface area contributed by atoms with Crippen LogP contribution < -0.4 is 5.32 Å². The Labute approximate surface area is 180 Å². The van der Waals surface area contributed by atoms with Crippen molar-refractivity contribution < 1.29 is 9.21 Å². The molecule has 0 unspecified atom stereocenters. The van der Waals surface area contributed by atoms with E-state index in [4.69, 9.17) is 14.4 Å². The van der Waals surface area contributed by atoms with Crippen molar-refractivity contribution in [2.24, 2.45) is 4.99 Å². The monoisotopic (exact) mass is 423 g/mol. The number of hydrogen-bond donors (Lipinski definition) is 1. The molecular weight excluding hydrogens is 398 g/mol. The predicted molar refractivity (Wildman–Crippen MR) is 119 cm³/mol. The molecule has 1 aliphatic heterocycles. The highest BCUT2D eigenvalue weighted by atomic mass is 32.1. The van der Waals surface area contributed by atoms with Crippen LogP contribution in [0.15, 0.2) is 63.5 Å². The first-order valence-electron chi connectivity index (χ1n) is 10.1. The zero-order chi connectivity index (χ0) is 20.8. The summed E-state index contributed by atoms with van der Waals surface area (Å²) in [6.07, 6.45) is 1.53. The molecule has 1 N–H and O–H groups in total. The van der Waals surface area contributed by atoms with Crippen molar-refractivity contribution >= 4 is 23.2 Å². The van der Waals surface area contributed by atoms with Crippen LogP contribution in [-0.2, 0) is 6.54 Å². The molecular formula is C22H25N5O2S. The third kappa shape index (κ3) is 4.71. The lowest BCUT2D eigenvalue weighted by Crippen LogP contribution is -2.53. The second-order valence-electron chi connectivity index (χ2n) is 6.92. The van der Waals surface area contributed by atoms with Crippen molar-refractivity contribution in [3.8, 4) is 11.3 Å². The Kier molecular flexibility index (Phi) is 6.44. The summed E-state index contributed by atoms with van der Waals surface area (Å²) in [5.74, 6) is 1.19. The molecule has 1 saturated heterocycles. The lowest BCUT2D eigenvalue weighted by atomic mass is 10.2. The van der Waals surface area contributed by atoms with Crippen LogP contribution in [0.5, 0.6) is 0 Å². The molecule has 1 fully saturated rings. The number of hydrogen-bond acceptors (Lipinski definition) is 5. The first kappa shape index (κ1) is 20.2. The van der Waals surface area contributed by atoms with Gasteiger partial charge in [0.05, 0.1) is 18.5 Å². The summed E-state index contributed by atoms with van der Waals surface area (Å²) in [6, 6.07) is 13.6. The van der Waals surface area contributed by atoms with Crippen LogP contribution in [0.1, 0.15) is 22.5 Å². The van der Waals surface area contributed by atoms with Gasteiger partial charge in [0.1, 0.15) is 5.01 Å². The van der Waals surface area contributed by atoms with Gasteiger partial charge >= 0.3 is 0 Å². The normalized spacial score (nSPS) is 14.8. The highest BCUT2D eigenvalue weighted by Gasteiger charge is 2.25. The van der Waals surface area contributed by atoms with Gasteiger partial charge in [0.15, 0.2) is 11.7 Å². The van der Waals surface area contributed by atoms with Crippen LogP contribution in [0.4, 0.5) is 0 Å². The van der Waals surface area contributed by atoms with Crippen LogP contribution in [-0.4, -0.2) is 59.4 Å². The van der Waals surface area contributed by atoms with E-state index < -0.39 is 0 Å². The van der Waals surface area contributed by atoms with E-state index in [1.807, 2.05) is 23.1 Å². The highest BCUT2D eigenvalue weighted by Crippen LogP contribution is 2.22. The van der Waals surface area contributed by atoms with Crippen molar-refractivity contribution in [2.75, 3.05) is 32.7 Å². The molecule has 7 nitrogen and oxygen atoms in total. The number of carbonyl (C=O) groups is 1. The van der Waals surface area contributed by atoms with Gasteiger partial charge in [0.2, 0.25) is 0 Å². The molecule has 0 saturated carbocycles. The zero-order valence-corrected chi connectivity index (χ0v) is 17.8. The van der Waals surface area contributed by atoms with E-state index in [2.05, 4.69) is 34.7 Å². The van der Waals surface area contributed by atoms with Crippen LogP contribution in [0.25, 0.3) is 11.3 Å². The number of rotatable bonds is 5. The van der Waals surface area contributed by atoms with Crippen LogP contribution in [0.2, 0.25) is 0 Å². The average Bonchev–Trinajstić information content (AvgIpc) is 3.49. The lowest BCUT2D eigenvalue weighted by molar-refractivity contribution is 0.0657. The molecule has 3 aromatic rings. The quantitative estimate of drug-likeness (QED) is 0.503. The van der Waals surface area contributed by atoms with E-state index in [0.29, 0.717) is 25.4 Å². The molecule has 1 aliphatic rings. The average molecular weight is 424 g/mol. The highest BCUT2D eigenvalue weighted by molar-refractivity contribution is 7.09. The van der Waals surface area contributed by atoms with Crippen LogP contribution in [0, 0.1) is 0 Å². The summed E-state index contributed by atoms with van der Waals surface area (Å²) in [6.45, 7) is 6.11. The summed E-state index contributed by atoms with van der Waals surface area (Å²) in [4.78, 5) is 26.0. The standard InChI is InChI=1S/C22H25N5O2S/c1-2-23-22(24-15-20-25-18(16-30-20)17-7-4-3-5-8-17)27-12-10-26(11-13-27)21(28)19-9-6-14-29-19/h3-9,14,16H,2,10-13,15H2,1H3,(H,23,24). The number of benzene rings is 1. The van der Waals surface area contributed by atoms with E-state index in [9.17, 15) is 4.79 Å². The second-order valence-corrected chi connectivity index (χ2v) is 7.86. The molecule has 0 atom stereocenters. The first-order chi connectivity index (χ1) is 14.7.